The summed E-state index contributed by atoms with van der Waals surface area (Å²) in [6, 6.07) is -0.350. The molecule has 6 heteroatoms. The predicted molar refractivity (Wildman–Crippen MR) is 61.2 cm³/mol. The van der Waals surface area contributed by atoms with Crippen molar-refractivity contribution in [2.75, 3.05) is 18.6 Å². The summed E-state index contributed by atoms with van der Waals surface area (Å²) in [6.45, 7) is 2.41. The van der Waals surface area contributed by atoms with Crippen LogP contribution in [0.5, 0.6) is 0 Å². The second-order valence-electron chi connectivity index (χ2n) is 3.23. The third kappa shape index (κ3) is 9.40. The molecule has 3 N–H and O–H groups in total. The van der Waals surface area contributed by atoms with E-state index in [9.17, 15) is 9.59 Å². The van der Waals surface area contributed by atoms with Crippen LogP contribution in [0.25, 0.3) is 0 Å². The quantitative estimate of drug-likeness (QED) is 0.572. The maximum Gasteiger partial charge on any atom is 0.315 e. The minimum atomic E-state index is -0.841. The lowest BCUT2D eigenvalue weighted by Crippen LogP contribution is -2.41. The van der Waals surface area contributed by atoms with Gasteiger partial charge in [0, 0.05) is 24.8 Å². The molecule has 0 aromatic heterocycles. The van der Waals surface area contributed by atoms with Gasteiger partial charge in [0.2, 0.25) is 0 Å². The molecule has 0 radical (unpaired) electrons. The van der Waals surface area contributed by atoms with Gasteiger partial charge in [0.25, 0.3) is 0 Å². The number of hydrogen-bond donors (Lipinski definition) is 3. The Morgan fingerprint density at radius 3 is 2.67 bits per heavy atom. The molecular weight excluding hydrogens is 216 g/mol. The van der Waals surface area contributed by atoms with E-state index in [0.717, 1.165) is 5.75 Å². The molecule has 0 fully saturated rings. The van der Waals surface area contributed by atoms with Crippen LogP contribution in [0, 0.1) is 0 Å². The molecule has 0 saturated heterocycles. The highest BCUT2D eigenvalue weighted by atomic mass is 32.2. The number of nitrogens with one attached hydrogen (secondary N) is 2. The highest BCUT2D eigenvalue weighted by molar-refractivity contribution is 7.98. The van der Waals surface area contributed by atoms with Gasteiger partial charge in [-0.15, -0.1) is 0 Å². The first-order valence-corrected chi connectivity index (χ1v) is 6.20. The molecule has 0 aromatic rings. The highest BCUT2D eigenvalue weighted by Crippen LogP contribution is 1.95. The van der Waals surface area contributed by atoms with Crippen molar-refractivity contribution >= 4 is 23.8 Å². The molecule has 0 heterocycles. The van der Waals surface area contributed by atoms with Crippen LogP contribution in [0.15, 0.2) is 0 Å². The van der Waals surface area contributed by atoms with Crippen LogP contribution in [0.4, 0.5) is 4.79 Å². The summed E-state index contributed by atoms with van der Waals surface area (Å²) in [4.78, 5) is 21.5. The molecule has 0 aliphatic rings. The summed E-state index contributed by atoms with van der Waals surface area (Å²) in [5, 5.41) is 13.8. The van der Waals surface area contributed by atoms with Crippen molar-refractivity contribution in [2.24, 2.45) is 0 Å². The summed E-state index contributed by atoms with van der Waals surface area (Å²) < 4.78 is 0. The number of carbonyl (C=O) groups excluding carboxylic acids is 1. The largest absolute Gasteiger partial charge is 0.481 e. The van der Waals surface area contributed by atoms with Gasteiger partial charge in [-0.05, 0) is 19.6 Å². The first kappa shape index (κ1) is 14.1. The fraction of sp³-hybridized carbons (Fsp3) is 0.778. The SMILES string of the molecule is CSCCNC(=O)NC(C)CCC(=O)O. The average molecular weight is 234 g/mol. The standard InChI is InChI=1S/C9H18N2O3S/c1-7(3-4-8(12)13)11-9(14)10-5-6-15-2/h7H,3-6H2,1-2H3,(H,12,13)(H2,10,11,14). The van der Waals surface area contributed by atoms with Crippen LogP contribution in [-0.2, 0) is 4.79 Å². The van der Waals surface area contributed by atoms with Crippen molar-refractivity contribution < 1.29 is 14.7 Å². The zero-order valence-electron chi connectivity index (χ0n) is 9.08. The lowest BCUT2D eigenvalue weighted by Gasteiger charge is -2.13. The molecular formula is C9H18N2O3S. The molecule has 5 nitrogen and oxygen atoms in total. The number of thioether (sulfide) groups is 1. The Bertz CT molecular complexity index is 212. The molecule has 1 atom stereocenters. The van der Waals surface area contributed by atoms with Crippen LogP contribution in [-0.4, -0.2) is 41.7 Å². The Balaban J connectivity index is 3.53. The van der Waals surface area contributed by atoms with Crippen molar-refractivity contribution in [3.8, 4) is 0 Å². The number of urea groups is 1. The van der Waals surface area contributed by atoms with E-state index in [1.165, 1.54) is 0 Å². The molecule has 0 aromatic carbocycles. The lowest BCUT2D eigenvalue weighted by atomic mass is 10.2. The Kier molecular flexibility index (Phi) is 7.89. The van der Waals surface area contributed by atoms with Gasteiger partial charge in [-0.2, -0.15) is 11.8 Å². The highest BCUT2D eigenvalue weighted by Gasteiger charge is 2.08. The molecule has 0 spiro atoms. The number of aliphatic carboxylic acids is 1. The fourth-order valence-corrected chi connectivity index (χ4v) is 1.26. The Hall–Kier alpha value is -0.910. The van der Waals surface area contributed by atoms with E-state index >= 15 is 0 Å². The van der Waals surface area contributed by atoms with Gasteiger partial charge >= 0.3 is 12.0 Å². The lowest BCUT2D eigenvalue weighted by molar-refractivity contribution is -0.137. The molecule has 0 rings (SSSR count). The zero-order chi connectivity index (χ0) is 11.7. The van der Waals surface area contributed by atoms with Crippen molar-refractivity contribution in [3.63, 3.8) is 0 Å². The average Bonchev–Trinajstić information content (AvgIpc) is 2.15. The second kappa shape index (κ2) is 8.40. The van der Waals surface area contributed by atoms with Crippen LogP contribution in [0.2, 0.25) is 0 Å². The fourth-order valence-electron chi connectivity index (χ4n) is 0.954. The van der Waals surface area contributed by atoms with Crippen molar-refractivity contribution in [3.05, 3.63) is 0 Å². The van der Waals surface area contributed by atoms with Crippen LogP contribution in [0.1, 0.15) is 19.8 Å². The summed E-state index contributed by atoms with van der Waals surface area (Å²) in [5.41, 5.74) is 0. The van der Waals surface area contributed by atoms with Gasteiger partial charge < -0.3 is 15.7 Å². The number of carboxylic acid groups (broad SMARTS) is 1. The van der Waals surface area contributed by atoms with Crippen molar-refractivity contribution in [2.45, 2.75) is 25.8 Å². The third-order valence-corrected chi connectivity index (χ3v) is 2.37. The number of hydrogen-bond acceptors (Lipinski definition) is 3. The minimum absolute atomic E-state index is 0.0757. The van der Waals surface area contributed by atoms with Gasteiger partial charge in [0.15, 0.2) is 0 Å². The molecule has 0 aliphatic heterocycles. The van der Waals surface area contributed by atoms with Gasteiger partial charge in [-0.3, -0.25) is 4.79 Å². The van der Waals surface area contributed by atoms with E-state index in [2.05, 4.69) is 10.6 Å². The van der Waals surface area contributed by atoms with E-state index in [4.69, 9.17) is 5.11 Å². The first-order chi connectivity index (χ1) is 7.06. The molecule has 0 saturated carbocycles. The maximum atomic E-state index is 11.2. The van der Waals surface area contributed by atoms with Crippen LogP contribution < -0.4 is 10.6 Å². The topological polar surface area (TPSA) is 78.4 Å². The van der Waals surface area contributed by atoms with Gasteiger partial charge in [-0.25, -0.2) is 4.79 Å². The van der Waals surface area contributed by atoms with Gasteiger partial charge in [0.1, 0.15) is 0 Å². The number of carboxylic acids is 1. The van der Waals surface area contributed by atoms with E-state index in [-0.39, 0.29) is 18.5 Å². The van der Waals surface area contributed by atoms with Crippen molar-refractivity contribution in [1.82, 2.24) is 10.6 Å². The van der Waals surface area contributed by atoms with Crippen LogP contribution in [0.3, 0.4) is 0 Å². The molecule has 0 aliphatic carbocycles. The third-order valence-electron chi connectivity index (χ3n) is 1.76. The van der Waals surface area contributed by atoms with E-state index in [1.807, 2.05) is 6.26 Å². The molecule has 15 heavy (non-hydrogen) atoms. The predicted octanol–water partition coefficient (Wildman–Crippen LogP) is 0.902. The number of amides is 2. The summed E-state index contributed by atoms with van der Waals surface area (Å²) in [7, 11) is 0. The second-order valence-corrected chi connectivity index (χ2v) is 4.21. The molecule has 0 bridgehead atoms. The summed E-state index contributed by atoms with van der Waals surface area (Å²) in [5.74, 6) is 0.0307. The summed E-state index contributed by atoms with van der Waals surface area (Å²) >= 11 is 1.66. The number of rotatable bonds is 7. The van der Waals surface area contributed by atoms with E-state index < -0.39 is 5.97 Å². The maximum absolute atomic E-state index is 11.2. The smallest absolute Gasteiger partial charge is 0.315 e. The van der Waals surface area contributed by atoms with Crippen molar-refractivity contribution in [1.29, 1.82) is 0 Å². The Labute approximate surface area is 94.0 Å². The molecule has 2 amide bonds. The monoisotopic (exact) mass is 234 g/mol. The van der Waals surface area contributed by atoms with Gasteiger partial charge in [-0.1, -0.05) is 0 Å². The van der Waals surface area contributed by atoms with Gasteiger partial charge in [0.05, 0.1) is 0 Å². The number of carbonyl (C=O) groups is 2. The summed E-state index contributed by atoms with van der Waals surface area (Å²) in [6.07, 6.45) is 2.49. The Morgan fingerprint density at radius 2 is 2.13 bits per heavy atom. The first-order valence-electron chi connectivity index (χ1n) is 4.81. The van der Waals surface area contributed by atoms with Crippen LogP contribution >= 0.6 is 11.8 Å². The Morgan fingerprint density at radius 1 is 1.47 bits per heavy atom. The molecule has 1 unspecified atom stereocenters. The van der Waals surface area contributed by atoms with E-state index in [0.29, 0.717) is 13.0 Å². The van der Waals surface area contributed by atoms with E-state index in [1.54, 1.807) is 18.7 Å². The molecule has 88 valence electrons. The zero-order valence-corrected chi connectivity index (χ0v) is 9.89. The minimum Gasteiger partial charge on any atom is -0.481 e. The normalized spacial score (nSPS) is 11.9.